The fraction of sp³-hybridized carbons (Fsp3) is 0.389. The number of carbonyl (C=O) groups excluding carboxylic acids is 3. The molecule has 0 aliphatic carbocycles. The second-order valence-electron chi connectivity index (χ2n) is 6.05. The molecule has 9 heteroatoms. The molecule has 0 radical (unpaired) electrons. The lowest BCUT2D eigenvalue weighted by molar-refractivity contribution is -0.152. The Hall–Kier alpha value is -2.81. The molecule has 0 spiro atoms. The minimum atomic E-state index is -0.966. The van der Waals surface area contributed by atoms with Crippen molar-refractivity contribution in [2.75, 3.05) is 23.4 Å². The third-order valence-corrected chi connectivity index (χ3v) is 5.25. The Morgan fingerprint density at radius 3 is 2.67 bits per heavy atom. The van der Waals surface area contributed by atoms with E-state index >= 15 is 0 Å². The molecule has 2 amide bonds. The number of nitrogens with zero attached hydrogens (tertiary/aromatic N) is 3. The van der Waals surface area contributed by atoms with Gasteiger partial charge in [-0.3, -0.25) is 14.9 Å². The van der Waals surface area contributed by atoms with Crippen molar-refractivity contribution < 1.29 is 19.1 Å². The number of anilines is 2. The summed E-state index contributed by atoms with van der Waals surface area (Å²) in [5.74, 6) is -1.93. The molecule has 142 valence electrons. The fourth-order valence-electron chi connectivity index (χ4n) is 2.83. The van der Waals surface area contributed by atoms with E-state index in [4.69, 9.17) is 0 Å². The van der Waals surface area contributed by atoms with Crippen LogP contribution in [-0.4, -0.2) is 41.1 Å². The Balaban J connectivity index is 1.66. The summed E-state index contributed by atoms with van der Waals surface area (Å²) >= 11 is 1.16. The molecule has 27 heavy (non-hydrogen) atoms. The second-order valence-corrected chi connectivity index (χ2v) is 7.05. The van der Waals surface area contributed by atoms with Gasteiger partial charge in [0.15, 0.2) is 0 Å². The van der Waals surface area contributed by atoms with Gasteiger partial charge in [-0.25, -0.2) is 4.79 Å². The van der Waals surface area contributed by atoms with E-state index in [9.17, 15) is 14.4 Å². The summed E-state index contributed by atoms with van der Waals surface area (Å²) in [7, 11) is 0. The molecule has 1 aliphatic heterocycles. The maximum atomic E-state index is 12.4. The number of carbonyl (C=O) groups is 3. The van der Waals surface area contributed by atoms with Gasteiger partial charge in [0.2, 0.25) is 11.0 Å². The number of benzene rings is 1. The summed E-state index contributed by atoms with van der Waals surface area (Å²) in [6.07, 6.45) is 1.28. The van der Waals surface area contributed by atoms with Crippen molar-refractivity contribution in [2.45, 2.75) is 32.6 Å². The quantitative estimate of drug-likeness (QED) is 0.622. The van der Waals surface area contributed by atoms with E-state index in [1.54, 1.807) is 11.8 Å². The number of ether oxygens (including phenoxy) is 1. The largest absolute Gasteiger partial charge is 0.459 e. The summed E-state index contributed by atoms with van der Waals surface area (Å²) in [5, 5.41) is 11.2. The van der Waals surface area contributed by atoms with Crippen LogP contribution >= 0.6 is 11.3 Å². The van der Waals surface area contributed by atoms with Crippen molar-refractivity contribution in [2.24, 2.45) is 0 Å². The molecule has 0 bridgehead atoms. The SMILES string of the molecule is CCOC(=O)C(=O)Nc1nnc(C2CC(=O)N(c3ccc(CC)cc3)C2)s1. The molecule has 8 nitrogen and oxygen atoms in total. The smallest absolute Gasteiger partial charge is 0.397 e. The molecular formula is C18H20N4O4S. The van der Waals surface area contributed by atoms with Crippen LogP contribution in [0.2, 0.25) is 0 Å². The van der Waals surface area contributed by atoms with E-state index in [1.807, 2.05) is 24.3 Å². The van der Waals surface area contributed by atoms with Crippen molar-refractivity contribution in [3.8, 4) is 0 Å². The van der Waals surface area contributed by atoms with E-state index < -0.39 is 11.9 Å². The normalized spacial score (nSPS) is 16.4. The highest BCUT2D eigenvalue weighted by atomic mass is 32.1. The Labute approximate surface area is 160 Å². The zero-order valence-electron chi connectivity index (χ0n) is 15.1. The fourth-order valence-corrected chi connectivity index (χ4v) is 3.66. The van der Waals surface area contributed by atoms with Crippen molar-refractivity contribution in [3.63, 3.8) is 0 Å². The summed E-state index contributed by atoms with van der Waals surface area (Å²) in [5.41, 5.74) is 2.08. The van der Waals surface area contributed by atoms with Gasteiger partial charge in [0.25, 0.3) is 0 Å². The predicted molar refractivity (Wildman–Crippen MR) is 101 cm³/mol. The molecule has 1 fully saturated rings. The number of esters is 1. The zero-order chi connectivity index (χ0) is 19.4. The lowest BCUT2D eigenvalue weighted by Gasteiger charge is -2.16. The molecule has 1 aromatic heterocycles. The molecule has 0 saturated carbocycles. The molecular weight excluding hydrogens is 368 g/mol. The van der Waals surface area contributed by atoms with Crippen LogP contribution in [0.4, 0.5) is 10.8 Å². The minimum absolute atomic E-state index is 0.0246. The topological polar surface area (TPSA) is 101 Å². The first-order valence-corrected chi connectivity index (χ1v) is 9.54. The minimum Gasteiger partial charge on any atom is -0.459 e. The van der Waals surface area contributed by atoms with Crippen LogP contribution in [0.1, 0.15) is 36.8 Å². The average molecular weight is 388 g/mol. The number of nitrogens with one attached hydrogen (secondary N) is 1. The molecule has 1 aromatic carbocycles. The molecule has 3 rings (SSSR count). The van der Waals surface area contributed by atoms with Crippen LogP contribution in [0.3, 0.4) is 0 Å². The number of aromatic nitrogens is 2. The van der Waals surface area contributed by atoms with Gasteiger partial charge >= 0.3 is 11.9 Å². The molecule has 1 atom stereocenters. The lowest BCUT2D eigenvalue weighted by atomic mass is 10.1. The van der Waals surface area contributed by atoms with Gasteiger partial charge in [-0.15, -0.1) is 10.2 Å². The molecule has 1 aliphatic rings. The van der Waals surface area contributed by atoms with E-state index in [-0.39, 0.29) is 23.6 Å². The average Bonchev–Trinajstić information content (AvgIpc) is 3.28. The Bertz CT molecular complexity index is 849. The Kier molecular flexibility index (Phi) is 5.80. The van der Waals surface area contributed by atoms with Crippen LogP contribution < -0.4 is 10.2 Å². The maximum Gasteiger partial charge on any atom is 0.397 e. The van der Waals surface area contributed by atoms with Crippen molar-refractivity contribution in [3.05, 3.63) is 34.8 Å². The third kappa shape index (κ3) is 4.30. The van der Waals surface area contributed by atoms with E-state index in [1.165, 1.54) is 5.56 Å². The number of hydrogen-bond acceptors (Lipinski definition) is 7. The number of hydrogen-bond donors (Lipinski definition) is 1. The van der Waals surface area contributed by atoms with Gasteiger partial charge < -0.3 is 9.64 Å². The molecule has 1 N–H and O–H groups in total. The molecule has 1 unspecified atom stereocenters. The highest BCUT2D eigenvalue weighted by Crippen LogP contribution is 2.34. The Morgan fingerprint density at radius 2 is 2.00 bits per heavy atom. The maximum absolute atomic E-state index is 12.4. The monoisotopic (exact) mass is 388 g/mol. The number of amides is 2. The first-order chi connectivity index (χ1) is 13.0. The lowest BCUT2D eigenvalue weighted by Crippen LogP contribution is -2.24. The van der Waals surface area contributed by atoms with Gasteiger partial charge in [-0.05, 0) is 31.0 Å². The van der Waals surface area contributed by atoms with Gasteiger partial charge in [0.05, 0.1) is 6.61 Å². The number of aryl methyl sites for hydroxylation is 1. The van der Waals surface area contributed by atoms with E-state index in [0.29, 0.717) is 18.0 Å². The van der Waals surface area contributed by atoms with Crippen molar-refractivity contribution in [1.82, 2.24) is 10.2 Å². The van der Waals surface area contributed by atoms with E-state index in [2.05, 4.69) is 27.2 Å². The molecule has 2 aromatic rings. The van der Waals surface area contributed by atoms with Crippen LogP contribution in [0.5, 0.6) is 0 Å². The van der Waals surface area contributed by atoms with Gasteiger partial charge in [-0.2, -0.15) is 0 Å². The van der Waals surface area contributed by atoms with Crippen LogP contribution in [-0.2, 0) is 25.5 Å². The molecule has 2 heterocycles. The zero-order valence-corrected chi connectivity index (χ0v) is 15.9. The summed E-state index contributed by atoms with van der Waals surface area (Å²) < 4.78 is 4.63. The van der Waals surface area contributed by atoms with Gasteiger partial charge in [-0.1, -0.05) is 30.4 Å². The number of rotatable bonds is 5. The summed E-state index contributed by atoms with van der Waals surface area (Å²) in [6, 6.07) is 7.93. The first kappa shape index (κ1) is 19.0. The standard InChI is InChI=1S/C18H20N4O4S/c1-3-11-5-7-13(8-6-11)22-10-12(9-14(22)23)16-20-21-18(27-16)19-15(24)17(25)26-4-2/h5-8,12H,3-4,9-10H2,1-2H3,(H,19,21,24). The summed E-state index contributed by atoms with van der Waals surface area (Å²) in [6.45, 7) is 4.32. The third-order valence-electron chi connectivity index (χ3n) is 4.25. The second kappa shape index (κ2) is 8.26. The molecule has 1 saturated heterocycles. The van der Waals surface area contributed by atoms with Crippen LogP contribution in [0, 0.1) is 0 Å². The van der Waals surface area contributed by atoms with Gasteiger partial charge in [0.1, 0.15) is 5.01 Å². The highest BCUT2D eigenvalue weighted by Gasteiger charge is 2.34. The first-order valence-electron chi connectivity index (χ1n) is 8.72. The highest BCUT2D eigenvalue weighted by molar-refractivity contribution is 7.15. The summed E-state index contributed by atoms with van der Waals surface area (Å²) in [4.78, 5) is 37.2. The predicted octanol–water partition coefficient (Wildman–Crippen LogP) is 2.12. The van der Waals surface area contributed by atoms with E-state index in [0.717, 1.165) is 23.4 Å². The van der Waals surface area contributed by atoms with Crippen LogP contribution in [0.15, 0.2) is 24.3 Å². The Morgan fingerprint density at radius 1 is 1.26 bits per heavy atom. The van der Waals surface area contributed by atoms with Crippen LogP contribution in [0.25, 0.3) is 0 Å². The van der Waals surface area contributed by atoms with Crippen molar-refractivity contribution in [1.29, 1.82) is 0 Å². The van der Waals surface area contributed by atoms with Crippen molar-refractivity contribution >= 4 is 39.9 Å². The van der Waals surface area contributed by atoms with Gasteiger partial charge in [0, 0.05) is 24.6 Å².